The molecule has 3 aliphatic rings. The highest BCUT2D eigenvalue weighted by atomic mass is 16.5. The van der Waals surface area contributed by atoms with E-state index in [9.17, 15) is 9.90 Å². The summed E-state index contributed by atoms with van der Waals surface area (Å²) in [5, 5.41) is 21.2. The first-order valence-electron chi connectivity index (χ1n) is 10.5. The van der Waals surface area contributed by atoms with Gasteiger partial charge in [-0.2, -0.15) is 0 Å². The van der Waals surface area contributed by atoms with Crippen molar-refractivity contribution in [2.24, 2.45) is 0 Å². The molecular formula is C19H31N5O4. The minimum atomic E-state index is -0.356. The number of hydrogen-bond donors (Lipinski definition) is 2. The molecular weight excluding hydrogens is 362 g/mol. The van der Waals surface area contributed by atoms with Gasteiger partial charge in [0.1, 0.15) is 6.10 Å². The van der Waals surface area contributed by atoms with Crippen molar-refractivity contribution in [3.05, 3.63) is 11.9 Å². The number of aryl methyl sites for hydroxylation is 1. The second-order valence-electron chi connectivity index (χ2n) is 8.09. The van der Waals surface area contributed by atoms with E-state index in [1.807, 2.05) is 10.9 Å². The number of amides is 1. The van der Waals surface area contributed by atoms with E-state index in [0.717, 1.165) is 44.6 Å². The summed E-state index contributed by atoms with van der Waals surface area (Å²) in [6.07, 6.45) is 6.71. The number of hydrogen-bond acceptors (Lipinski definition) is 7. The lowest BCUT2D eigenvalue weighted by Crippen LogP contribution is -2.53. The Labute approximate surface area is 165 Å². The van der Waals surface area contributed by atoms with Crippen LogP contribution in [0.4, 0.5) is 0 Å². The van der Waals surface area contributed by atoms with Crippen LogP contribution in [0.5, 0.6) is 0 Å². The second kappa shape index (κ2) is 9.30. The number of aliphatic hydroxyl groups excluding tert-OH is 1. The summed E-state index contributed by atoms with van der Waals surface area (Å²) in [6, 6.07) is -0.136. The van der Waals surface area contributed by atoms with Crippen molar-refractivity contribution < 1.29 is 19.4 Å². The molecule has 2 N–H and O–H groups in total. The lowest BCUT2D eigenvalue weighted by molar-refractivity contribution is -0.130. The Hall–Kier alpha value is -1.55. The lowest BCUT2D eigenvalue weighted by Gasteiger charge is -2.36. The Balaban J connectivity index is 1.20. The van der Waals surface area contributed by atoms with E-state index in [2.05, 4.69) is 20.5 Å². The number of aliphatic hydroxyl groups is 1. The van der Waals surface area contributed by atoms with Crippen LogP contribution in [0.2, 0.25) is 0 Å². The molecule has 2 saturated heterocycles. The minimum absolute atomic E-state index is 0.0115. The van der Waals surface area contributed by atoms with Crippen molar-refractivity contribution in [3.63, 3.8) is 0 Å². The Morgan fingerprint density at radius 3 is 2.82 bits per heavy atom. The fourth-order valence-electron chi connectivity index (χ4n) is 3.99. The largest absolute Gasteiger partial charge is 0.394 e. The standard InChI is InChI=1S/C19H31N5O4/c25-13-18-16(20-19(26)12-23-7-9-27-10-8-23)4-3-15(28-18)5-6-24-11-17(21-22-24)14-1-2-14/h11,14-16,18,25H,1-10,12-13H2,(H,20,26)/t15-,16-,18-/m0/s1. The van der Waals surface area contributed by atoms with Crippen LogP contribution >= 0.6 is 0 Å². The SMILES string of the molecule is O=C(CN1CCOCC1)N[C@H]1CC[C@@H](CCn2cc(C3CC3)nn2)O[C@H]1CO. The summed E-state index contributed by atoms with van der Waals surface area (Å²) < 4.78 is 13.3. The normalized spacial score (nSPS) is 29.0. The molecule has 4 rings (SSSR count). The summed E-state index contributed by atoms with van der Waals surface area (Å²) in [4.78, 5) is 14.4. The Morgan fingerprint density at radius 2 is 2.07 bits per heavy atom. The summed E-state index contributed by atoms with van der Waals surface area (Å²) in [6.45, 7) is 3.96. The molecule has 3 fully saturated rings. The molecule has 3 heterocycles. The van der Waals surface area contributed by atoms with Crippen molar-refractivity contribution in [2.75, 3.05) is 39.5 Å². The van der Waals surface area contributed by atoms with Crippen LogP contribution in [0.25, 0.3) is 0 Å². The molecule has 2 aliphatic heterocycles. The molecule has 1 aromatic heterocycles. The molecule has 9 nitrogen and oxygen atoms in total. The van der Waals surface area contributed by atoms with Gasteiger partial charge in [0.15, 0.2) is 0 Å². The molecule has 0 radical (unpaired) electrons. The minimum Gasteiger partial charge on any atom is -0.394 e. The molecule has 0 bridgehead atoms. The monoisotopic (exact) mass is 393 g/mol. The van der Waals surface area contributed by atoms with E-state index < -0.39 is 0 Å². The highest BCUT2D eigenvalue weighted by molar-refractivity contribution is 5.78. The molecule has 0 spiro atoms. The molecule has 3 atom stereocenters. The summed E-state index contributed by atoms with van der Waals surface area (Å²) in [5.74, 6) is 0.600. The second-order valence-corrected chi connectivity index (χ2v) is 8.09. The number of nitrogens with one attached hydrogen (secondary N) is 1. The molecule has 9 heteroatoms. The van der Waals surface area contributed by atoms with Gasteiger partial charge in [0, 0.05) is 31.7 Å². The zero-order valence-corrected chi connectivity index (χ0v) is 16.3. The maximum absolute atomic E-state index is 12.3. The smallest absolute Gasteiger partial charge is 0.234 e. The molecule has 1 amide bonds. The number of rotatable bonds is 8. The molecule has 156 valence electrons. The molecule has 0 unspecified atom stereocenters. The van der Waals surface area contributed by atoms with Gasteiger partial charge in [0.05, 0.1) is 44.2 Å². The zero-order valence-electron chi connectivity index (χ0n) is 16.3. The van der Waals surface area contributed by atoms with Crippen LogP contribution in [-0.4, -0.2) is 88.6 Å². The predicted octanol–water partition coefficient (Wildman–Crippen LogP) is -0.0975. The number of aromatic nitrogens is 3. The van der Waals surface area contributed by atoms with Crippen LogP contribution in [0.15, 0.2) is 6.20 Å². The summed E-state index contributed by atoms with van der Waals surface area (Å²) in [5.41, 5.74) is 1.10. The number of ether oxygens (including phenoxy) is 2. The van der Waals surface area contributed by atoms with Crippen molar-refractivity contribution in [1.82, 2.24) is 25.2 Å². The van der Waals surface area contributed by atoms with E-state index in [-0.39, 0.29) is 30.8 Å². The maximum Gasteiger partial charge on any atom is 0.234 e. The van der Waals surface area contributed by atoms with Crippen LogP contribution in [0, 0.1) is 0 Å². The van der Waals surface area contributed by atoms with Crippen molar-refractivity contribution in [1.29, 1.82) is 0 Å². The number of nitrogens with zero attached hydrogens (tertiary/aromatic N) is 4. The topological polar surface area (TPSA) is 102 Å². The first kappa shape index (κ1) is 19.8. The zero-order chi connectivity index (χ0) is 19.3. The third-order valence-corrected chi connectivity index (χ3v) is 5.85. The maximum atomic E-state index is 12.3. The van der Waals surface area contributed by atoms with Crippen molar-refractivity contribution >= 4 is 5.91 Å². The Bertz CT molecular complexity index is 644. The van der Waals surface area contributed by atoms with E-state index >= 15 is 0 Å². The molecule has 1 saturated carbocycles. The Morgan fingerprint density at radius 1 is 1.25 bits per heavy atom. The van der Waals surface area contributed by atoms with Gasteiger partial charge in [-0.3, -0.25) is 14.4 Å². The number of carbonyl (C=O) groups excluding carboxylic acids is 1. The molecule has 1 aliphatic carbocycles. The highest BCUT2D eigenvalue weighted by Gasteiger charge is 2.32. The number of morpholine rings is 1. The third kappa shape index (κ3) is 5.28. The van der Waals surface area contributed by atoms with Gasteiger partial charge >= 0.3 is 0 Å². The van der Waals surface area contributed by atoms with Crippen molar-refractivity contribution in [3.8, 4) is 0 Å². The van der Waals surface area contributed by atoms with Crippen LogP contribution in [-0.2, 0) is 20.8 Å². The Kier molecular flexibility index (Phi) is 6.56. The average molecular weight is 393 g/mol. The number of carbonyl (C=O) groups is 1. The van der Waals surface area contributed by atoms with Gasteiger partial charge in [-0.15, -0.1) is 5.10 Å². The first-order chi connectivity index (χ1) is 13.7. The van der Waals surface area contributed by atoms with Gasteiger partial charge in [-0.25, -0.2) is 0 Å². The average Bonchev–Trinajstić information content (AvgIpc) is 3.46. The van der Waals surface area contributed by atoms with Gasteiger partial charge in [-0.05, 0) is 32.1 Å². The summed E-state index contributed by atoms with van der Waals surface area (Å²) in [7, 11) is 0. The molecule has 0 aromatic carbocycles. The van der Waals surface area contributed by atoms with Crippen LogP contribution in [0.1, 0.15) is 43.7 Å². The van der Waals surface area contributed by atoms with Gasteiger partial charge in [0.2, 0.25) is 5.91 Å². The van der Waals surface area contributed by atoms with E-state index in [1.165, 1.54) is 12.8 Å². The predicted molar refractivity (Wildman–Crippen MR) is 101 cm³/mol. The highest BCUT2D eigenvalue weighted by Crippen LogP contribution is 2.38. The third-order valence-electron chi connectivity index (χ3n) is 5.85. The molecule has 1 aromatic rings. The quantitative estimate of drug-likeness (QED) is 0.636. The van der Waals surface area contributed by atoms with Gasteiger partial charge < -0.3 is 19.9 Å². The van der Waals surface area contributed by atoms with Crippen LogP contribution in [0.3, 0.4) is 0 Å². The van der Waals surface area contributed by atoms with Gasteiger partial charge in [-0.1, -0.05) is 5.21 Å². The van der Waals surface area contributed by atoms with E-state index in [0.29, 0.717) is 25.7 Å². The van der Waals surface area contributed by atoms with E-state index in [1.54, 1.807) is 0 Å². The summed E-state index contributed by atoms with van der Waals surface area (Å²) >= 11 is 0. The molecule has 28 heavy (non-hydrogen) atoms. The van der Waals surface area contributed by atoms with Crippen LogP contribution < -0.4 is 5.32 Å². The fourth-order valence-corrected chi connectivity index (χ4v) is 3.99. The van der Waals surface area contributed by atoms with Gasteiger partial charge in [0.25, 0.3) is 0 Å². The van der Waals surface area contributed by atoms with Crippen molar-refractivity contribution in [2.45, 2.75) is 62.8 Å². The fraction of sp³-hybridized carbons (Fsp3) is 0.842. The first-order valence-corrected chi connectivity index (χ1v) is 10.5. The van der Waals surface area contributed by atoms with E-state index in [4.69, 9.17) is 9.47 Å². The lowest BCUT2D eigenvalue weighted by atomic mass is 9.97.